The van der Waals surface area contributed by atoms with Crippen LogP contribution in [0, 0.1) is 6.92 Å². The first-order chi connectivity index (χ1) is 8.15. The number of halogens is 1. The average molecular weight is 291 g/mol. The van der Waals surface area contributed by atoms with Crippen molar-refractivity contribution < 1.29 is 0 Å². The Hall–Kier alpha value is -1.48. The summed E-state index contributed by atoms with van der Waals surface area (Å²) in [6, 6.07) is 14.2. The third-order valence-corrected chi connectivity index (χ3v) is 3.52. The van der Waals surface area contributed by atoms with Crippen molar-refractivity contribution in [1.29, 1.82) is 0 Å². The fourth-order valence-corrected chi connectivity index (χ4v) is 1.84. The molecule has 0 atom stereocenters. The Morgan fingerprint density at radius 1 is 1.12 bits per heavy atom. The zero-order chi connectivity index (χ0) is 12.3. The van der Waals surface area contributed by atoms with Crippen molar-refractivity contribution in [1.82, 2.24) is 0 Å². The molecule has 0 fully saturated rings. The van der Waals surface area contributed by atoms with E-state index in [0.717, 1.165) is 22.4 Å². The van der Waals surface area contributed by atoms with Crippen LogP contribution in [0.15, 0.2) is 46.9 Å². The van der Waals surface area contributed by atoms with Crippen LogP contribution in [0.2, 0.25) is 0 Å². The van der Waals surface area contributed by atoms with Crippen LogP contribution in [0.3, 0.4) is 0 Å². The lowest BCUT2D eigenvalue weighted by Crippen LogP contribution is -1.99. The lowest BCUT2D eigenvalue weighted by atomic mass is 10.2. The van der Waals surface area contributed by atoms with Gasteiger partial charge < -0.3 is 11.1 Å². The quantitative estimate of drug-likeness (QED) is 0.840. The van der Waals surface area contributed by atoms with Gasteiger partial charge in [0.1, 0.15) is 0 Å². The number of nitrogen functional groups attached to an aromatic ring is 1. The monoisotopic (exact) mass is 290 g/mol. The van der Waals surface area contributed by atoms with Crippen LogP contribution in [-0.4, -0.2) is 0 Å². The lowest BCUT2D eigenvalue weighted by molar-refractivity contribution is 1.15. The van der Waals surface area contributed by atoms with E-state index in [4.69, 9.17) is 5.73 Å². The molecule has 0 aliphatic carbocycles. The summed E-state index contributed by atoms with van der Waals surface area (Å²) in [4.78, 5) is 0. The Morgan fingerprint density at radius 2 is 1.82 bits per heavy atom. The van der Waals surface area contributed by atoms with E-state index in [1.807, 2.05) is 24.3 Å². The van der Waals surface area contributed by atoms with Crippen molar-refractivity contribution in [2.75, 3.05) is 11.1 Å². The van der Waals surface area contributed by atoms with Gasteiger partial charge in [-0.2, -0.15) is 0 Å². The van der Waals surface area contributed by atoms with Crippen LogP contribution in [0.1, 0.15) is 11.1 Å². The Labute approximate surface area is 110 Å². The van der Waals surface area contributed by atoms with Crippen LogP contribution < -0.4 is 11.1 Å². The number of rotatable bonds is 3. The number of anilines is 2. The zero-order valence-corrected chi connectivity index (χ0v) is 11.3. The van der Waals surface area contributed by atoms with Crippen LogP contribution in [0.5, 0.6) is 0 Å². The molecule has 0 saturated heterocycles. The molecular formula is C14H15BrN2. The molecule has 0 radical (unpaired) electrons. The topological polar surface area (TPSA) is 38.0 Å². The molecule has 0 aliphatic rings. The average Bonchev–Trinajstić information content (AvgIpc) is 2.33. The molecule has 0 aliphatic heterocycles. The second-order valence-electron chi connectivity index (χ2n) is 4.06. The van der Waals surface area contributed by atoms with E-state index in [-0.39, 0.29) is 0 Å². The molecule has 0 spiro atoms. The fraction of sp³-hybridized carbons (Fsp3) is 0.143. The predicted molar refractivity (Wildman–Crippen MR) is 77.1 cm³/mol. The Kier molecular flexibility index (Phi) is 3.69. The summed E-state index contributed by atoms with van der Waals surface area (Å²) in [7, 11) is 0. The lowest BCUT2D eigenvalue weighted by Gasteiger charge is -2.08. The summed E-state index contributed by atoms with van der Waals surface area (Å²) in [6.45, 7) is 2.89. The molecule has 0 saturated carbocycles. The number of nitrogens with two attached hydrogens (primary N) is 1. The maximum absolute atomic E-state index is 5.64. The standard InChI is InChI=1S/C14H15BrN2/c1-10-8-13(6-7-14(10)15)17-9-11-2-4-12(16)5-3-11/h2-8,17H,9,16H2,1H3. The first-order valence-electron chi connectivity index (χ1n) is 5.49. The summed E-state index contributed by atoms with van der Waals surface area (Å²) in [6.07, 6.45) is 0. The number of hydrogen-bond acceptors (Lipinski definition) is 2. The Bertz CT molecular complexity index is 506. The normalized spacial score (nSPS) is 10.2. The first-order valence-corrected chi connectivity index (χ1v) is 6.29. The van der Waals surface area contributed by atoms with Crippen LogP contribution in [-0.2, 0) is 6.54 Å². The highest BCUT2D eigenvalue weighted by Gasteiger charge is 1.97. The zero-order valence-electron chi connectivity index (χ0n) is 9.70. The van der Waals surface area contributed by atoms with Crippen molar-refractivity contribution in [3.63, 3.8) is 0 Å². The van der Waals surface area contributed by atoms with E-state index >= 15 is 0 Å². The van der Waals surface area contributed by atoms with Gasteiger partial charge in [-0.3, -0.25) is 0 Å². The molecule has 0 unspecified atom stereocenters. The molecule has 88 valence electrons. The fourth-order valence-electron chi connectivity index (χ4n) is 1.59. The largest absolute Gasteiger partial charge is 0.399 e. The highest BCUT2D eigenvalue weighted by molar-refractivity contribution is 9.10. The minimum Gasteiger partial charge on any atom is -0.399 e. The van der Waals surface area contributed by atoms with Crippen LogP contribution in [0.25, 0.3) is 0 Å². The molecule has 2 aromatic rings. The molecule has 3 heteroatoms. The number of aryl methyl sites for hydroxylation is 1. The van der Waals surface area contributed by atoms with Gasteiger partial charge in [0.2, 0.25) is 0 Å². The Balaban J connectivity index is 2.02. The third-order valence-electron chi connectivity index (χ3n) is 2.63. The SMILES string of the molecule is Cc1cc(NCc2ccc(N)cc2)ccc1Br. The summed E-state index contributed by atoms with van der Waals surface area (Å²) in [5, 5.41) is 3.39. The van der Waals surface area contributed by atoms with E-state index < -0.39 is 0 Å². The number of nitrogens with one attached hydrogen (secondary N) is 1. The second kappa shape index (κ2) is 5.23. The number of benzene rings is 2. The summed E-state index contributed by atoms with van der Waals surface area (Å²) < 4.78 is 1.13. The highest BCUT2D eigenvalue weighted by atomic mass is 79.9. The van der Waals surface area contributed by atoms with Gasteiger partial charge in [0.25, 0.3) is 0 Å². The van der Waals surface area contributed by atoms with Crippen molar-refractivity contribution in [2.24, 2.45) is 0 Å². The van der Waals surface area contributed by atoms with Crippen molar-refractivity contribution in [2.45, 2.75) is 13.5 Å². The van der Waals surface area contributed by atoms with Gasteiger partial charge in [-0.05, 0) is 48.4 Å². The molecule has 0 bridgehead atoms. The molecule has 0 aromatic heterocycles. The number of hydrogen-bond donors (Lipinski definition) is 2. The minimum atomic E-state index is 0.799. The molecular weight excluding hydrogens is 276 g/mol. The molecule has 2 aromatic carbocycles. The van der Waals surface area contributed by atoms with Gasteiger partial charge in [-0.15, -0.1) is 0 Å². The molecule has 17 heavy (non-hydrogen) atoms. The van der Waals surface area contributed by atoms with E-state index in [0.29, 0.717) is 0 Å². The first kappa shape index (κ1) is 12.0. The minimum absolute atomic E-state index is 0.799. The summed E-state index contributed by atoms with van der Waals surface area (Å²) in [5.41, 5.74) is 10.0. The second-order valence-corrected chi connectivity index (χ2v) is 4.91. The Morgan fingerprint density at radius 3 is 2.47 bits per heavy atom. The molecule has 2 nitrogen and oxygen atoms in total. The maximum atomic E-state index is 5.64. The molecule has 0 heterocycles. The third kappa shape index (κ3) is 3.24. The van der Waals surface area contributed by atoms with E-state index in [1.54, 1.807) is 0 Å². The van der Waals surface area contributed by atoms with Crippen LogP contribution >= 0.6 is 15.9 Å². The van der Waals surface area contributed by atoms with Gasteiger partial charge >= 0.3 is 0 Å². The predicted octanol–water partition coefficient (Wildman–Crippen LogP) is 3.95. The van der Waals surface area contributed by atoms with Crippen molar-refractivity contribution in [3.8, 4) is 0 Å². The maximum Gasteiger partial charge on any atom is 0.0400 e. The van der Waals surface area contributed by atoms with Crippen LogP contribution in [0.4, 0.5) is 11.4 Å². The van der Waals surface area contributed by atoms with Gasteiger partial charge in [-0.25, -0.2) is 0 Å². The summed E-state index contributed by atoms with van der Waals surface area (Å²) >= 11 is 3.49. The van der Waals surface area contributed by atoms with Crippen molar-refractivity contribution in [3.05, 3.63) is 58.1 Å². The smallest absolute Gasteiger partial charge is 0.0400 e. The van der Waals surface area contributed by atoms with Gasteiger partial charge in [0.15, 0.2) is 0 Å². The van der Waals surface area contributed by atoms with Gasteiger partial charge in [-0.1, -0.05) is 28.1 Å². The van der Waals surface area contributed by atoms with E-state index in [1.165, 1.54) is 11.1 Å². The molecule has 3 N–H and O–H groups in total. The van der Waals surface area contributed by atoms with E-state index in [2.05, 4.69) is 46.4 Å². The van der Waals surface area contributed by atoms with E-state index in [9.17, 15) is 0 Å². The highest BCUT2D eigenvalue weighted by Crippen LogP contribution is 2.20. The summed E-state index contributed by atoms with van der Waals surface area (Å²) in [5.74, 6) is 0. The van der Waals surface area contributed by atoms with Gasteiger partial charge in [0, 0.05) is 22.4 Å². The molecule has 2 rings (SSSR count). The van der Waals surface area contributed by atoms with Gasteiger partial charge in [0.05, 0.1) is 0 Å². The van der Waals surface area contributed by atoms with Crippen molar-refractivity contribution >= 4 is 27.3 Å². The molecule has 0 amide bonds.